The molecule has 0 fully saturated rings. The highest BCUT2D eigenvalue weighted by molar-refractivity contribution is 7.98. The molecule has 0 saturated heterocycles. The third-order valence-corrected chi connectivity index (χ3v) is 6.42. The van der Waals surface area contributed by atoms with E-state index in [1.54, 1.807) is 18.9 Å². The maximum Gasteiger partial charge on any atom is 0.191 e. The van der Waals surface area contributed by atoms with E-state index in [-0.39, 0.29) is 0 Å². The Morgan fingerprint density at radius 1 is 1.03 bits per heavy atom. The molecular weight excluding hydrogens is 422 g/mol. The first kappa shape index (κ1) is 22.0. The third-order valence-electron chi connectivity index (χ3n) is 5.37. The smallest absolute Gasteiger partial charge is 0.191 e. The lowest BCUT2D eigenvalue weighted by atomic mass is 10.1. The van der Waals surface area contributed by atoms with Crippen molar-refractivity contribution in [1.82, 2.24) is 19.9 Å². The van der Waals surface area contributed by atoms with Gasteiger partial charge in [-0.05, 0) is 50.2 Å². The number of hydrogen-bond acceptors (Lipinski definition) is 7. The number of benzene rings is 2. The molecule has 2 aromatic carbocycles. The molecule has 32 heavy (non-hydrogen) atoms. The summed E-state index contributed by atoms with van der Waals surface area (Å²) in [6.07, 6.45) is 0. The molecule has 0 aliphatic heterocycles. The lowest BCUT2D eigenvalue weighted by Crippen LogP contribution is -2.21. The number of anilines is 1. The van der Waals surface area contributed by atoms with Gasteiger partial charge in [-0.1, -0.05) is 29.1 Å². The molecular formula is C24H27N5O2S. The zero-order chi connectivity index (χ0) is 22.5. The van der Waals surface area contributed by atoms with Gasteiger partial charge in [-0.2, -0.15) is 0 Å². The maximum absolute atomic E-state index is 5.54. The van der Waals surface area contributed by atoms with Gasteiger partial charge >= 0.3 is 0 Å². The highest BCUT2D eigenvalue weighted by Gasteiger charge is 2.15. The van der Waals surface area contributed by atoms with Crippen LogP contribution in [0.4, 0.5) is 5.69 Å². The lowest BCUT2D eigenvalue weighted by Gasteiger charge is -2.21. The molecule has 0 spiro atoms. The van der Waals surface area contributed by atoms with Gasteiger partial charge in [0.25, 0.3) is 0 Å². The van der Waals surface area contributed by atoms with Crippen molar-refractivity contribution in [2.24, 2.45) is 7.05 Å². The average Bonchev–Trinajstić information content (AvgIpc) is 3.45. The predicted molar refractivity (Wildman–Crippen MR) is 128 cm³/mol. The Morgan fingerprint density at radius 3 is 2.50 bits per heavy atom. The second kappa shape index (κ2) is 9.91. The van der Waals surface area contributed by atoms with Crippen LogP contribution in [-0.2, 0) is 12.8 Å². The molecule has 4 rings (SSSR count). The Bertz CT molecular complexity index is 1170. The van der Waals surface area contributed by atoms with Crippen molar-refractivity contribution in [3.8, 4) is 28.4 Å². The standard InChI is InChI=1S/C24H27N5O2S/c1-5-29(6-2)18-13-11-17(12-14-18)23-25-26-24(28(23)3)32-16-19-15-21(27-31-19)20-9-7-8-10-22(20)30-4/h7-15H,5-6,16H2,1-4H3. The van der Waals surface area contributed by atoms with Crippen molar-refractivity contribution in [1.29, 1.82) is 0 Å². The molecule has 0 bridgehead atoms. The summed E-state index contributed by atoms with van der Waals surface area (Å²) < 4.78 is 13.0. The topological polar surface area (TPSA) is 69.2 Å². The first-order valence-electron chi connectivity index (χ1n) is 10.6. The van der Waals surface area contributed by atoms with E-state index in [2.05, 4.69) is 58.4 Å². The van der Waals surface area contributed by atoms with Crippen LogP contribution in [0.15, 0.2) is 64.3 Å². The molecule has 2 heterocycles. The molecule has 0 unspecified atom stereocenters. The summed E-state index contributed by atoms with van der Waals surface area (Å²) in [4.78, 5) is 2.32. The van der Waals surface area contributed by atoms with E-state index in [1.807, 2.05) is 41.9 Å². The van der Waals surface area contributed by atoms with E-state index >= 15 is 0 Å². The van der Waals surface area contributed by atoms with Gasteiger partial charge < -0.3 is 18.7 Å². The first-order valence-corrected chi connectivity index (χ1v) is 11.6. The van der Waals surface area contributed by atoms with E-state index in [0.29, 0.717) is 5.75 Å². The van der Waals surface area contributed by atoms with Crippen molar-refractivity contribution >= 4 is 17.4 Å². The SMILES string of the molecule is CCN(CC)c1ccc(-c2nnc(SCc3cc(-c4ccccc4OC)no3)n2C)cc1. The number of para-hydroxylation sites is 1. The Labute approximate surface area is 192 Å². The van der Waals surface area contributed by atoms with Crippen molar-refractivity contribution < 1.29 is 9.26 Å². The fraction of sp³-hybridized carbons (Fsp3) is 0.292. The van der Waals surface area contributed by atoms with Crippen LogP contribution in [0.2, 0.25) is 0 Å². The monoisotopic (exact) mass is 449 g/mol. The summed E-state index contributed by atoms with van der Waals surface area (Å²) >= 11 is 1.57. The number of aromatic nitrogens is 4. The number of hydrogen-bond donors (Lipinski definition) is 0. The zero-order valence-corrected chi connectivity index (χ0v) is 19.6. The van der Waals surface area contributed by atoms with Gasteiger partial charge in [0.05, 0.1) is 12.9 Å². The van der Waals surface area contributed by atoms with Crippen molar-refractivity contribution in [2.45, 2.75) is 24.8 Å². The number of thioether (sulfide) groups is 1. The Morgan fingerprint density at radius 2 is 1.78 bits per heavy atom. The summed E-state index contributed by atoms with van der Waals surface area (Å²) in [6, 6.07) is 18.2. The van der Waals surface area contributed by atoms with Gasteiger partial charge in [-0.15, -0.1) is 10.2 Å². The van der Waals surface area contributed by atoms with Crippen LogP contribution in [0.5, 0.6) is 5.75 Å². The Hall–Kier alpha value is -3.26. The van der Waals surface area contributed by atoms with Crippen LogP contribution in [0.25, 0.3) is 22.6 Å². The molecule has 4 aromatic rings. The quantitative estimate of drug-likeness (QED) is 0.322. The summed E-state index contributed by atoms with van der Waals surface area (Å²) in [5.74, 6) is 2.98. The zero-order valence-electron chi connectivity index (χ0n) is 18.8. The summed E-state index contributed by atoms with van der Waals surface area (Å²) in [5.41, 5.74) is 3.92. The van der Waals surface area contributed by atoms with Gasteiger partial charge in [-0.25, -0.2) is 0 Å². The second-order valence-corrected chi connectivity index (χ2v) is 8.19. The highest BCUT2D eigenvalue weighted by atomic mass is 32.2. The average molecular weight is 450 g/mol. The molecule has 0 aliphatic carbocycles. The van der Waals surface area contributed by atoms with Crippen LogP contribution in [0.1, 0.15) is 19.6 Å². The van der Waals surface area contributed by atoms with Crippen LogP contribution in [-0.4, -0.2) is 40.1 Å². The Balaban J connectivity index is 1.45. The molecule has 0 N–H and O–H groups in total. The summed E-state index contributed by atoms with van der Waals surface area (Å²) in [6.45, 7) is 6.30. The molecule has 0 aliphatic rings. The maximum atomic E-state index is 5.54. The second-order valence-electron chi connectivity index (χ2n) is 7.25. The van der Waals surface area contributed by atoms with Crippen molar-refractivity contribution in [2.75, 3.05) is 25.1 Å². The lowest BCUT2D eigenvalue weighted by molar-refractivity contribution is 0.395. The van der Waals surface area contributed by atoms with Gasteiger partial charge in [0, 0.05) is 43.0 Å². The van der Waals surface area contributed by atoms with Crippen LogP contribution in [0, 0.1) is 0 Å². The normalized spacial score (nSPS) is 11.0. The summed E-state index contributed by atoms with van der Waals surface area (Å²) in [5, 5.41) is 13.8. The number of rotatable bonds is 9. The predicted octanol–water partition coefficient (Wildman–Crippen LogP) is 5.28. The van der Waals surface area contributed by atoms with Gasteiger partial charge in [0.1, 0.15) is 17.2 Å². The minimum Gasteiger partial charge on any atom is -0.496 e. The molecule has 0 amide bonds. The van der Waals surface area contributed by atoms with Crippen molar-refractivity contribution in [3.05, 3.63) is 60.4 Å². The van der Waals surface area contributed by atoms with Crippen molar-refractivity contribution in [3.63, 3.8) is 0 Å². The Kier molecular flexibility index (Phi) is 6.80. The molecule has 0 atom stereocenters. The molecule has 0 radical (unpaired) electrons. The number of ether oxygens (including phenoxy) is 1. The molecule has 7 nitrogen and oxygen atoms in total. The van der Waals surface area contributed by atoms with Gasteiger partial charge in [-0.3, -0.25) is 0 Å². The van der Waals surface area contributed by atoms with Crippen LogP contribution >= 0.6 is 11.8 Å². The summed E-state index contributed by atoms with van der Waals surface area (Å²) in [7, 11) is 3.63. The van der Waals surface area contributed by atoms with E-state index in [0.717, 1.165) is 52.4 Å². The fourth-order valence-electron chi connectivity index (χ4n) is 3.60. The number of methoxy groups -OCH3 is 1. The van der Waals surface area contributed by atoms with E-state index < -0.39 is 0 Å². The van der Waals surface area contributed by atoms with Crippen LogP contribution < -0.4 is 9.64 Å². The van der Waals surface area contributed by atoms with E-state index in [4.69, 9.17) is 9.26 Å². The molecule has 2 aromatic heterocycles. The minimum atomic E-state index is 0.606. The molecule has 166 valence electrons. The van der Waals surface area contributed by atoms with Crippen LogP contribution in [0.3, 0.4) is 0 Å². The molecule has 0 saturated carbocycles. The molecule has 8 heteroatoms. The first-order chi connectivity index (χ1) is 15.6. The number of nitrogens with zero attached hydrogens (tertiary/aromatic N) is 5. The van der Waals surface area contributed by atoms with Gasteiger partial charge in [0.2, 0.25) is 0 Å². The van der Waals surface area contributed by atoms with E-state index in [1.165, 1.54) is 5.69 Å². The fourth-order valence-corrected chi connectivity index (χ4v) is 4.39. The highest BCUT2D eigenvalue weighted by Crippen LogP contribution is 2.31. The van der Waals surface area contributed by atoms with Gasteiger partial charge in [0.15, 0.2) is 11.0 Å². The largest absolute Gasteiger partial charge is 0.496 e. The third kappa shape index (κ3) is 4.50. The van der Waals surface area contributed by atoms with E-state index in [9.17, 15) is 0 Å². The minimum absolute atomic E-state index is 0.606.